The van der Waals surface area contributed by atoms with E-state index >= 15 is 0 Å². The van der Waals surface area contributed by atoms with Gasteiger partial charge in [-0.2, -0.15) is 0 Å². The van der Waals surface area contributed by atoms with Crippen molar-refractivity contribution in [2.24, 2.45) is 5.92 Å². The molecule has 1 fully saturated rings. The second kappa shape index (κ2) is 7.87. The van der Waals surface area contributed by atoms with Crippen molar-refractivity contribution in [1.82, 2.24) is 10.2 Å². The number of likely N-dealkylation sites (tertiary alicyclic amines) is 1. The van der Waals surface area contributed by atoms with Crippen molar-refractivity contribution >= 4 is 5.91 Å². The topological polar surface area (TPSA) is 45.5 Å². The summed E-state index contributed by atoms with van der Waals surface area (Å²) in [5.41, 5.74) is 3.06. The van der Waals surface area contributed by atoms with Crippen LogP contribution in [0.1, 0.15) is 53.1 Å². The quantitative estimate of drug-likeness (QED) is 0.891. The zero-order chi connectivity index (χ0) is 17.8. The second-order valence-electron chi connectivity index (χ2n) is 7.26. The van der Waals surface area contributed by atoms with Crippen LogP contribution >= 0.6 is 0 Å². The Balaban J connectivity index is 1.68. The third-order valence-corrected chi connectivity index (χ3v) is 5.36. The summed E-state index contributed by atoms with van der Waals surface area (Å²) in [5, 5.41) is 3.10. The Labute approximate surface area is 150 Å². The smallest absolute Gasteiger partial charge is 0.251 e. The van der Waals surface area contributed by atoms with Gasteiger partial charge < -0.3 is 9.73 Å². The molecule has 1 unspecified atom stereocenters. The van der Waals surface area contributed by atoms with Crippen molar-refractivity contribution < 1.29 is 9.21 Å². The highest BCUT2D eigenvalue weighted by Gasteiger charge is 2.27. The molecule has 1 aromatic carbocycles. The van der Waals surface area contributed by atoms with Gasteiger partial charge in [0.15, 0.2) is 0 Å². The molecule has 1 atom stereocenters. The van der Waals surface area contributed by atoms with E-state index in [-0.39, 0.29) is 11.9 Å². The van der Waals surface area contributed by atoms with Crippen LogP contribution in [0.4, 0.5) is 0 Å². The van der Waals surface area contributed by atoms with Gasteiger partial charge in [0.2, 0.25) is 0 Å². The van der Waals surface area contributed by atoms with Crippen molar-refractivity contribution in [2.45, 2.75) is 39.7 Å². The molecule has 4 heteroatoms. The molecule has 25 heavy (non-hydrogen) atoms. The fraction of sp³-hybridized carbons (Fsp3) is 0.476. The summed E-state index contributed by atoms with van der Waals surface area (Å²) >= 11 is 0. The zero-order valence-electron chi connectivity index (χ0n) is 15.4. The van der Waals surface area contributed by atoms with Crippen LogP contribution < -0.4 is 5.32 Å². The van der Waals surface area contributed by atoms with E-state index < -0.39 is 0 Å². The molecule has 2 heterocycles. The summed E-state index contributed by atoms with van der Waals surface area (Å²) in [4.78, 5) is 15.0. The lowest BCUT2D eigenvalue weighted by Gasteiger charge is -2.35. The van der Waals surface area contributed by atoms with Gasteiger partial charge in [-0.3, -0.25) is 9.69 Å². The van der Waals surface area contributed by atoms with E-state index in [9.17, 15) is 4.79 Å². The number of aryl methyl sites for hydroxylation is 2. The van der Waals surface area contributed by atoms with Crippen LogP contribution in [0, 0.1) is 19.8 Å². The lowest BCUT2D eigenvalue weighted by Crippen LogP contribution is -2.41. The number of nitrogens with one attached hydrogen (secondary N) is 1. The number of carbonyl (C=O) groups excluding carboxylic acids is 1. The highest BCUT2D eigenvalue weighted by molar-refractivity contribution is 5.94. The van der Waals surface area contributed by atoms with Crippen LogP contribution in [0.3, 0.4) is 0 Å². The van der Waals surface area contributed by atoms with Gasteiger partial charge in [0, 0.05) is 12.1 Å². The summed E-state index contributed by atoms with van der Waals surface area (Å²) in [6.45, 7) is 9.06. The van der Waals surface area contributed by atoms with Crippen molar-refractivity contribution in [2.75, 3.05) is 19.6 Å². The number of hydrogen-bond donors (Lipinski definition) is 1. The van der Waals surface area contributed by atoms with Crippen LogP contribution in [0.15, 0.2) is 41.0 Å². The number of piperidine rings is 1. The predicted octanol–water partition coefficient (Wildman–Crippen LogP) is 4.10. The Hall–Kier alpha value is -2.07. The van der Waals surface area contributed by atoms with Crippen LogP contribution in [0.5, 0.6) is 0 Å². The second-order valence-corrected chi connectivity index (χ2v) is 7.26. The van der Waals surface area contributed by atoms with Gasteiger partial charge in [0.05, 0.1) is 12.3 Å². The molecule has 1 aromatic heterocycles. The first-order valence-electron chi connectivity index (χ1n) is 9.17. The molecule has 1 N–H and O–H groups in total. The molecule has 1 saturated heterocycles. The van der Waals surface area contributed by atoms with Crippen LogP contribution in [0.25, 0.3) is 0 Å². The number of carbonyl (C=O) groups is 1. The minimum Gasteiger partial charge on any atom is -0.468 e. The summed E-state index contributed by atoms with van der Waals surface area (Å²) in [6, 6.07) is 9.86. The van der Waals surface area contributed by atoms with Crippen LogP contribution in [0.2, 0.25) is 0 Å². The van der Waals surface area contributed by atoms with Gasteiger partial charge >= 0.3 is 0 Å². The standard InChI is InChI=1S/C21H28N2O2/c1-15-8-10-23(11-9-15)19(20-5-4-12-25-20)14-22-21(24)18-7-6-16(2)17(3)13-18/h4-7,12-13,15,19H,8-11,14H2,1-3H3,(H,22,24). The molecule has 2 aromatic rings. The fourth-order valence-corrected chi connectivity index (χ4v) is 3.40. The number of amides is 1. The number of rotatable bonds is 5. The van der Waals surface area contributed by atoms with E-state index in [2.05, 4.69) is 24.1 Å². The average Bonchev–Trinajstić information content (AvgIpc) is 3.13. The van der Waals surface area contributed by atoms with Gasteiger partial charge in [0.25, 0.3) is 5.91 Å². The summed E-state index contributed by atoms with van der Waals surface area (Å²) in [6.07, 6.45) is 4.10. The normalized spacial score (nSPS) is 17.4. The van der Waals surface area contributed by atoms with Gasteiger partial charge in [-0.25, -0.2) is 0 Å². The minimum absolute atomic E-state index is 0.0231. The van der Waals surface area contributed by atoms with Crippen LogP contribution in [-0.4, -0.2) is 30.4 Å². The van der Waals surface area contributed by atoms with Crippen molar-refractivity contribution in [3.05, 3.63) is 59.0 Å². The maximum atomic E-state index is 12.6. The molecule has 0 saturated carbocycles. The third kappa shape index (κ3) is 4.31. The molecule has 1 aliphatic rings. The maximum Gasteiger partial charge on any atom is 0.251 e. The van der Waals surface area contributed by atoms with Gasteiger partial charge in [-0.15, -0.1) is 0 Å². The van der Waals surface area contributed by atoms with Crippen molar-refractivity contribution in [1.29, 1.82) is 0 Å². The molecule has 4 nitrogen and oxygen atoms in total. The van der Waals surface area contributed by atoms with E-state index in [1.165, 1.54) is 18.4 Å². The predicted molar refractivity (Wildman–Crippen MR) is 99.7 cm³/mol. The summed E-state index contributed by atoms with van der Waals surface area (Å²) < 4.78 is 5.66. The lowest BCUT2D eigenvalue weighted by atomic mass is 9.97. The molecule has 134 valence electrons. The maximum absolute atomic E-state index is 12.6. The number of hydrogen-bond acceptors (Lipinski definition) is 3. The first-order valence-corrected chi connectivity index (χ1v) is 9.17. The average molecular weight is 340 g/mol. The molecule has 0 spiro atoms. The third-order valence-electron chi connectivity index (χ3n) is 5.36. The summed E-state index contributed by atoms with van der Waals surface area (Å²) in [7, 11) is 0. The molecule has 3 rings (SSSR count). The molecule has 0 aliphatic carbocycles. The first kappa shape index (κ1) is 17.7. The highest BCUT2D eigenvalue weighted by atomic mass is 16.3. The monoisotopic (exact) mass is 340 g/mol. The van der Waals surface area contributed by atoms with Gasteiger partial charge in [-0.1, -0.05) is 13.0 Å². The number of nitrogens with zero attached hydrogens (tertiary/aromatic N) is 1. The molecular formula is C21H28N2O2. The SMILES string of the molecule is Cc1ccc(C(=O)NCC(c2ccco2)N2CCC(C)CC2)cc1C. The molecule has 0 bridgehead atoms. The Kier molecular flexibility index (Phi) is 5.59. The largest absolute Gasteiger partial charge is 0.468 e. The van der Waals surface area contributed by atoms with E-state index in [0.29, 0.717) is 12.1 Å². The first-order chi connectivity index (χ1) is 12.0. The van der Waals surface area contributed by atoms with Crippen LogP contribution in [-0.2, 0) is 0 Å². The molecule has 1 amide bonds. The zero-order valence-corrected chi connectivity index (χ0v) is 15.4. The fourth-order valence-electron chi connectivity index (χ4n) is 3.40. The molecule has 1 aliphatic heterocycles. The van der Waals surface area contributed by atoms with E-state index in [0.717, 1.165) is 30.3 Å². The van der Waals surface area contributed by atoms with Gasteiger partial charge in [0.1, 0.15) is 5.76 Å². The van der Waals surface area contributed by atoms with E-state index in [1.807, 2.05) is 37.3 Å². The van der Waals surface area contributed by atoms with Crippen molar-refractivity contribution in [3.8, 4) is 0 Å². The van der Waals surface area contributed by atoms with Gasteiger partial charge in [-0.05, 0) is 81.1 Å². The number of benzene rings is 1. The Morgan fingerprint density at radius 3 is 2.64 bits per heavy atom. The Bertz CT molecular complexity index is 701. The Morgan fingerprint density at radius 2 is 2.00 bits per heavy atom. The Morgan fingerprint density at radius 1 is 1.24 bits per heavy atom. The van der Waals surface area contributed by atoms with Crippen molar-refractivity contribution in [3.63, 3.8) is 0 Å². The van der Waals surface area contributed by atoms with E-state index in [4.69, 9.17) is 4.42 Å². The molecule has 0 radical (unpaired) electrons. The number of furan rings is 1. The highest BCUT2D eigenvalue weighted by Crippen LogP contribution is 2.26. The van der Waals surface area contributed by atoms with E-state index in [1.54, 1.807) is 6.26 Å². The molecular weight excluding hydrogens is 312 g/mol. The summed E-state index contributed by atoms with van der Waals surface area (Å²) in [5.74, 6) is 1.68. The minimum atomic E-state index is -0.0231. The lowest BCUT2D eigenvalue weighted by molar-refractivity contribution is 0.0895.